The van der Waals surface area contributed by atoms with Crippen molar-refractivity contribution in [1.82, 2.24) is 5.32 Å². The number of aliphatic hydroxyl groups excluding tert-OH is 2. The van der Waals surface area contributed by atoms with Gasteiger partial charge in [-0.25, -0.2) is 0 Å². The smallest absolute Gasteiger partial charge is 0.0897 e. The summed E-state index contributed by atoms with van der Waals surface area (Å²) in [6.45, 7) is 5.27. The summed E-state index contributed by atoms with van der Waals surface area (Å²) in [4.78, 5) is 0. The van der Waals surface area contributed by atoms with Crippen LogP contribution < -0.4 is 5.32 Å². The third-order valence-corrected chi connectivity index (χ3v) is 1.79. The fourth-order valence-electron chi connectivity index (χ4n) is 1.08. The first-order chi connectivity index (χ1) is 7.06. The average Bonchev–Trinajstić information content (AvgIpc) is 2.14. The number of hydrogen-bond acceptors (Lipinski definition) is 5. The predicted molar refractivity (Wildman–Crippen MR) is 57.8 cm³/mol. The van der Waals surface area contributed by atoms with E-state index in [0.29, 0.717) is 19.7 Å². The third-order valence-electron chi connectivity index (χ3n) is 1.79. The van der Waals surface area contributed by atoms with E-state index in [9.17, 15) is 5.11 Å². The van der Waals surface area contributed by atoms with Crippen molar-refractivity contribution in [2.24, 2.45) is 0 Å². The molecule has 0 fully saturated rings. The highest BCUT2D eigenvalue weighted by molar-refractivity contribution is 4.61. The second-order valence-corrected chi connectivity index (χ2v) is 3.76. The quantitative estimate of drug-likeness (QED) is 0.483. The Balaban J connectivity index is 3.36. The van der Waals surface area contributed by atoms with E-state index in [0.717, 1.165) is 0 Å². The van der Waals surface area contributed by atoms with Crippen LogP contribution in [0.2, 0.25) is 0 Å². The van der Waals surface area contributed by atoms with Crippen molar-refractivity contribution in [2.45, 2.75) is 32.2 Å². The zero-order valence-electron chi connectivity index (χ0n) is 9.77. The zero-order chi connectivity index (χ0) is 11.7. The van der Waals surface area contributed by atoms with E-state index >= 15 is 0 Å². The van der Waals surface area contributed by atoms with Gasteiger partial charge in [0.05, 0.1) is 31.5 Å². The van der Waals surface area contributed by atoms with Gasteiger partial charge in [0.1, 0.15) is 0 Å². The van der Waals surface area contributed by atoms with Crippen LogP contribution in [0, 0.1) is 0 Å². The number of methoxy groups -OCH3 is 1. The fraction of sp³-hybridized carbons (Fsp3) is 1.00. The second kappa shape index (κ2) is 9.06. The normalized spacial score (nSPS) is 17.4. The zero-order valence-corrected chi connectivity index (χ0v) is 9.77. The summed E-state index contributed by atoms with van der Waals surface area (Å²) in [5, 5.41) is 21.4. The van der Waals surface area contributed by atoms with E-state index in [2.05, 4.69) is 5.32 Å². The van der Waals surface area contributed by atoms with E-state index in [4.69, 9.17) is 14.6 Å². The van der Waals surface area contributed by atoms with Gasteiger partial charge in [-0.05, 0) is 13.8 Å². The molecule has 0 aromatic carbocycles. The summed E-state index contributed by atoms with van der Waals surface area (Å²) in [7, 11) is 1.61. The van der Waals surface area contributed by atoms with E-state index < -0.39 is 12.2 Å². The van der Waals surface area contributed by atoms with Gasteiger partial charge in [-0.1, -0.05) is 0 Å². The van der Waals surface area contributed by atoms with Gasteiger partial charge in [-0.15, -0.1) is 0 Å². The Bertz CT molecular complexity index is 143. The van der Waals surface area contributed by atoms with Gasteiger partial charge in [0.2, 0.25) is 0 Å². The highest BCUT2D eigenvalue weighted by Crippen LogP contribution is 1.93. The number of nitrogens with one attached hydrogen (secondary N) is 1. The van der Waals surface area contributed by atoms with E-state index in [1.165, 1.54) is 0 Å². The summed E-state index contributed by atoms with van der Waals surface area (Å²) in [6, 6.07) is 0. The molecule has 5 heteroatoms. The predicted octanol–water partition coefficient (Wildman–Crippen LogP) is -0.631. The molecule has 0 bridgehead atoms. The van der Waals surface area contributed by atoms with Crippen LogP contribution in [-0.2, 0) is 9.47 Å². The Kier molecular flexibility index (Phi) is 8.94. The van der Waals surface area contributed by atoms with E-state index in [1.54, 1.807) is 14.0 Å². The first kappa shape index (κ1) is 14.8. The molecule has 0 spiro atoms. The molecule has 92 valence electrons. The molecule has 0 aromatic rings. The molecular formula is C10H23NO4. The number of ether oxygens (including phenoxy) is 2. The van der Waals surface area contributed by atoms with E-state index in [1.807, 2.05) is 6.92 Å². The molecule has 0 amide bonds. The van der Waals surface area contributed by atoms with Gasteiger partial charge in [0.25, 0.3) is 0 Å². The lowest BCUT2D eigenvalue weighted by Crippen LogP contribution is -2.35. The van der Waals surface area contributed by atoms with Crippen molar-refractivity contribution < 1.29 is 19.7 Å². The highest BCUT2D eigenvalue weighted by atomic mass is 16.5. The molecule has 0 saturated carbocycles. The van der Waals surface area contributed by atoms with Crippen LogP contribution in [0.5, 0.6) is 0 Å². The van der Waals surface area contributed by atoms with Crippen LogP contribution in [-0.4, -0.2) is 61.9 Å². The van der Waals surface area contributed by atoms with Crippen LogP contribution in [0.3, 0.4) is 0 Å². The Morgan fingerprint density at radius 2 is 1.80 bits per heavy atom. The van der Waals surface area contributed by atoms with Gasteiger partial charge >= 0.3 is 0 Å². The molecule has 0 radical (unpaired) electrons. The third kappa shape index (κ3) is 10.1. The number of aliphatic hydroxyl groups is 2. The Morgan fingerprint density at radius 1 is 1.13 bits per heavy atom. The molecule has 3 unspecified atom stereocenters. The Labute approximate surface area is 91.4 Å². The maximum atomic E-state index is 9.47. The number of hydrogen-bond donors (Lipinski definition) is 3. The molecule has 3 N–H and O–H groups in total. The largest absolute Gasteiger partial charge is 0.392 e. The Morgan fingerprint density at radius 3 is 2.33 bits per heavy atom. The van der Waals surface area contributed by atoms with Crippen molar-refractivity contribution in [3.05, 3.63) is 0 Å². The molecule has 0 aliphatic carbocycles. The Hall–Kier alpha value is -0.200. The molecule has 3 atom stereocenters. The maximum Gasteiger partial charge on any atom is 0.0897 e. The molecule has 0 aliphatic heterocycles. The summed E-state index contributed by atoms with van der Waals surface area (Å²) in [5.41, 5.74) is 0. The summed E-state index contributed by atoms with van der Waals surface area (Å²) >= 11 is 0. The van der Waals surface area contributed by atoms with Crippen molar-refractivity contribution in [3.63, 3.8) is 0 Å². The lowest BCUT2D eigenvalue weighted by Gasteiger charge is -2.16. The standard InChI is InChI=1S/C10H23NO4/c1-8(12)4-11-5-10(13)7-15-9(2)6-14-3/h8-13H,4-7H2,1-3H3. The van der Waals surface area contributed by atoms with Crippen molar-refractivity contribution in [2.75, 3.05) is 33.4 Å². The minimum absolute atomic E-state index is 0.0126. The molecule has 0 aromatic heterocycles. The topological polar surface area (TPSA) is 71.0 Å². The monoisotopic (exact) mass is 221 g/mol. The van der Waals surface area contributed by atoms with Crippen molar-refractivity contribution in [3.8, 4) is 0 Å². The molecule has 0 heterocycles. The summed E-state index contributed by atoms with van der Waals surface area (Å²) in [6.07, 6.45) is -0.963. The van der Waals surface area contributed by atoms with Crippen LogP contribution >= 0.6 is 0 Å². The van der Waals surface area contributed by atoms with Crippen LogP contribution in [0.1, 0.15) is 13.8 Å². The van der Waals surface area contributed by atoms with Gasteiger partial charge in [-0.2, -0.15) is 0 Å². The maximum absolute atomic E-state index is 9.47. The molecular weight excluding hydrogens is 198 g/mol. The van der Waals surface area contributed by atoms with Crippen molar-refractivity contribution in [1.29, 1.82) is 0 Å². The van der Waals surface area contributed by atoms with Gasteiger partial charge in [0, 0.05) is 20.2 Å². The first-order valence-corrected chi connectivity index (χ1v) is 5.23. The van der Waals surface area contributed by atoms with Gasteiger partial charge in [0.15, 0.2) is 0 Å². The van der Waals surface area contributed by atoms with Crippen LogP contribution in [0.25, 0.3) is 0 Å². The van der Waals surface area contributed by atoms with Crippen molar-refractivity contribution >= 4 is 0 Å². The minimum atomic E-state index is -0.553. The first-order valence-electron chi connectivity index (χ1n) is 5.23. The SMILES string of the molecule is COCC(C)OCC(O)CNCC(C)O. The summed E-state index contributed by atoms with van der Waals surface area (Å²) in [5.74, 6) is 0. The minimum Gasteiger partial charge on any atom is -0.392 e. The van der Waals surface area contributed by atoms with Crippen LogP contribution in [0.15, 0.2) is 0 Å². The molecule has 0 saturated heterocycles. The lowest BCUT2D eigenvalue weighted by molar-refractivity contribution is -0.0314. The van der Waals surface area contributed by atoms with E-state index in [-0.39, 0.29) is 12.7 Å². The highest BCUT2D eigenvalue weighted by Gasteiger charge is 2.07. The molecule has 5 nitrogen and oxygen atoms in total. The number of rotatable bonds is 9. The molecule has 0 aliphatic rings. The molecule has 0 rings (SSSR count). The average molecular weight is 221 g/mol. The van der Waals surface area contributed by atoms with Crippen LogP contribution in [0.4, 0.5) is 0 Å². The molecule has 15 heavy (non-hydrogen) atoms. The van der Waals surface area contributed by atoms with Gasteiger partial charge < -0.3 is 25.0 Å². The lowest BCUT2D eigenvalue weighted by atomic mass is 10.3. The summed E-state index contributed by atoms with van der Waals surface area (Å²) < 4.78 is 10.2. The second-order valence-electron chi connectivity index (χ2n) is 3.76. The fourth-order valence-corrected chi connectivity index (χ4v) is 1.08. The van der Waals surface area contributed by atoms with Gasteiger partial charge in [-0.3, -0.25) is 0 Å².